The molecule has 10 heteroatoms. The number of halogens is 1. The number of anilines is 2. The van der Waals surface area contributed by atoms with Gasteiger partial charge in [0.1, 0.15) is 11.6 Å². The Morgan fingerprint density at radius 1 is 1.15 bits per heavy atom. The van der Waals surface area contributed by atoms with Crippen molar-refractivity contribution in [1.82, 2.24) is 34.5 Å². The summed E-state index contributed by atoms with van der Waals surface area (Å²) in [6, 6.07) is 7.52. The molecule has 0 spiro atoms. The molecule has 0 radical (unpaired) electrons. The van der Waals surface area contributed by atoms with Gasteiger partial charge < -0.3 is 15.2 Å². The predicted octanol–water partition coefficient (Wildman–Crippen LogP) is 5.12. The highest BCUT2D eigenvalue weighted by atomic mass is 19.1. The molecule has 7 rings (SSSR count). The Labute approximate surface area is 232 Å². The van der Waals surface area contributed by atoms with Crippen molar-refractivity contribution in [3.63, 3.8) is 0 Å². The number of nitrogens with zero attached hydrogens (tertiary/aromatic N) is 6. The first-order valence-electron chi connectivity index (χ1n) is 14.5. The number of carbonyl (C=O) groups is 1. The number of benzene rings is 1. The van der Waals surface area contributed by atoms with Crippen LogP contribution in [0.2, 0.25) is 0 Å². The Bertz CT molecular complexity index is 1530. The zero-order chi connectivity index (χ0) is 27.2. The highest BCUT2D eigenvalue weighted by molar-refractivity contribution is 5.84. The maximum Gasteiger partial charge on any atom is 0.225 e. The van der Waals surface area contributed by atoms with Gasteiger partial charge in [0.25, 0.3) is 0 Å². The van der Waals surface area contributed by atoms with E-state index in [1.165, 1.54) is 25.3 Å². The average Bonchev–Trinajstić information content (AvgIpc) is 3.57. The van der Waals surface area contributed by atoms with E-state index in [1.807, 2.05) is 27.9 Å². The number of rotatable bonds is 8. The minimum absolute atomic E-state index is 0.194. The van der Waals surface area contributed by atoms with E-state index < -0.39 is 0 Å². The Balaban J connectivity index is 1.03. The zero-order valence-electron chi connectivity index (χ0n) is 22.8. The first kappa shape index (κ1) is 25.2. The van der Waals surface area contributed by atoms with E-state index in [2.05, 4.69) is 37.2 Å². The quantitative estimate of drug-likeness (QED) is 0.321. The number of piperazine rings is 1. The van der Waals surface area contributed by atoms with Crippen molar-refractivity contribution in [3.8, 4) is 11.1 Å². The van der Waals surface area contributed by atoms with Gasteiger partial charge in [0.2, 0.25) is 11.9 Å². The van der Waals surface area contributed by atoms with Crippen LogP contribution in [0.15, 0.2) is 42.9 Å². The lowest BCUT2D eigenvalue weighted by atomic mass is 9.85. The molecule has 1 unspecified atom stereocenters. The summed E-state index contributed by atoms with van der Waals surface area (Å²) in [7, 11) is 0. The molecule has 4 aromatic rings. The molecule has 1 saturated heterocycles. The molecule has 9 nitrogen and oxygen atoms in total. The Morgan fingerprint density at radius 2 is 1.98 bits per heavy atom. The highest BCUT2D eigenvalue weighted by Crippen LogP contribution is 2.33. The van der Waals surface area contributed by atoms with Crippen molar-refractivity contribution in [3.05, 3.63) is 54.2 Å². The minimum Gasteiger partial charge on any atom is -0.340 e. The molecule has 2 saturated carbocycles. The van der Waals surface area contributed by atoms with Crippen LogP contribution in [0.4, 0.5) is 16.2 Å². The van der Waals surface area contributed by atoms with Gasteiger partial charge in [-0.05, 0) is 62.3 Å². The van der Waals surface area contributed by atoms with Gasteiger partial charge in [-0.1, -0.05) is 6.42 Å². The van der Waals surface area contributed by atoms with Gasteiger partial charge in [0, 0.05) is 74.3 Å². The van der Waals surface area contributed by atoms with E-state index in [9.17, 15) is 4.79 Å². The lowest BCUT2D eigenvalue weighted by Crippen LogP contribution is -2.49. The monoisotopic (exact) mass is 542 g/mol. The molecule has 208 valence electrons. The summed E-state index contributed by atoms with van der Waals surface area (Å²) in [6.45, 7) is 6.38. The number of H-pyrrole nitrogens is 1. The number of fused-ring (bicyclic) bond motifs is 1. The SMILES string of the molecule is CC(c1ccnc(Nc2nc3cc(-c4cnn(CC5CCC5)c4)c(F)cc3[nH]2)c1)N1CCN(C(=O)C2CC2)CC1. The Hall–Kier alpha value is -3.79. The number of aromatic amines is 1. The molecule has 40 heavy (non-hydrogen) atoms. The van der Waals surface area contributed by atoms with E-state index in [1.54, 1.807) is 18.5 Å². The average molecular weight is 543 g/mol. The maximum atomic E-state index is 15.1. The number of imidazole rings is 1. The lowest BCUT2D eigenvalue weighted by Gasteiger charge is -2.38. The molecule has 4 heterocycles. The Morgan fingerprint density at radius 3 is 2.73 bits per heavy atom. The molecule has 2 aliphatic carbocycles. The fourth-order valence-electron chi connectivity index (χ4n) is 5.88. The third-order valence-corrected chi connectivity index (χ3v) is 8.80. The number of hydrogen-bond donors (Lipinski definition) is 2. The standard InChI is InChI=1S/C30H35FN8O/c1-19(37-9-11-38(12-10-37)29(40)21-5-6-21)22-7-8-32-28(13-22)36-30-34-26-14-24(25(31)15-27(26)35-30)23-16-33-39(18-23)17-20-3-2-4-20/h7-8,13-16,18-21H,2-6,9-12,17H2,1H3,(H2,32,34,35,36). The molecule has 1 aromatic carbocycles. The summed E-state index contributed by atoms with van der Waals surface area (Å²) in [5.41, 5.74) is 3.70. The normalized spacial score (nSPS) is 19.1. The minimum atomic E-state index is -0.307. The number of pyridine rings is 1. The molecule has 3 aliphatic rings. The number of nitrogens with one attached hydrogen (secondary N) is 2. The first-order chi connectivity index (χ1) is 19.5. The molecule has 0 bridgehead atoms. The first-order valence-corrected chi connectivity index (χ1v) is 14.5. The summed E-state index contributed by atoms with van der Waals surface area (Å²) in [6.07, 6.45) is 11.3. The van der Waals surface area contributed by atoms with Crippen molar-refractivity contribution in [1.29, 1.82) is 0 Å². The second-order valence-electron chi connectivity index (χ2n) is 11.6. The second-order valence-corrected chi connectivity index (χ2v) is 11.6. The summed E-state index contributed by atoms with van der Waals surface area (Å²) < 4.78 is 17.0. The van der Waals surface area contributed by atoms with Gasteiger partial charge in [-0.2, -0.15) is 5.10 Å². The summed E-state index contributed by atoms with van der Waals surface area (Å²) in [5, 5.41) is 7.72. The summed E-state index contributed by atoms with van der Waals surface area (Å²) in [5.74, 6) is 2.17. The lowest BCUT2D eigenvalue weighted by molar-refractivity contribution is -0.134. The molecule has 3 fully saturated rings. The molecule has 2 N–H and O–H groups in total. The topological polar surface area (TPSA) is 95.0 Å². The van der Waals surface area contributed by atoms with Gasteiger partial charge in [-0.25, -0.2) is 14.4 Å². The van der Waals surface area contributed by atoms with Crippen LogP contribution in [0.25, 0.3) is 22.2 Å². The van der Waals surface area contributed by atoms with Gasteiger partial charge >= 0.3 is 0 Å². The van der Waals surface area contributed by atoms with E-state index >= 15 is 4.39 Å². The maximum absolute atomic E-state index is 15.1. The number of aromatic nitrogens is 5. The second kappa shape index (κ2) is 10.3. The number of carbonyl (C=O) groups excluding carboxylic acids is 1. The number of hydrogen-bond acceptors (Lipinski definition) is 6. The fourth-order valence-corrected chi connectivity index (χ4v) is 5.88. The van der Waals surface area contributed by atoms with Gasteiger partial charge in [-0.15, -0.1) is 0 Å². The van der Waals surface area contributed by atoms with E-state index in [4.69, 9.17) is 0 Å². The van der Waals surface area contributed by atoms with E-state index in [0.717, 1.165) is 56.7 Å². The summed E-state index contributed by atoms with van der Waals surface area (Å²) >= 11 is 0. The van der Waals surface area contributed by atoms with Crippen molar-refractivity contribution in [2.24, 2.45) is 11.8 Å². The summed E-state index contributed by atoms with van der Waals surface area (Å²) in [4.78, 5) is 29.2. The third kappa shape index (κ3) is 5.08. The third-order valence-electron chi connectivity index (χ3n) is 8.80. The van der Waals surface area contributed by atoms with Gasteiger partial charge in [0.15, 0.2) is 0 Å². The number of amides is 1. The van der Waals surface area contributed by atoms with Crippen LogP contribution in [-0.4, -0.2) is 66.6 Å². The van der Waals surface area contributed by atoms with Crippen LogP contribution >= 0.6 is 0 Å². The molecule has 1 aliphatic heterocycles. The Kier molecular flexibility index (Phi) is 6.50. The molecule has 3 aromatic heterocycles. The van der Waals surface area contributed by atoms with Gasteiger partial charge in [0.05, 0.1) is 17.2 Å². The van der Waals surface area contributed by atoms with Crippen LogP contribution in [0.1, 0.15) is 50.6 Å². The fraction of sp³-hybridized carbons (Fsp3) is 0.467. The van der Waals surface area contributed by atoms with Crippen molar-refractivity contribution in [2.45, 2.75) is 51.6 Å². The predicted molar refractivity (Wildman–Crippen MR) is 151 cm³/mol. The zero-order valence-corrected chi connectivity index (χ0v) is 22.8. The highest BCUT2D eigenvalue weighted by Gasteiger charge is 2.35. The van der Waals surface area contributed by atoms with Crippen LogP contribution < -0.4 is 5.32 Å². The molecular weight excluding hydrogens is 507 g/mol. The van der Waals surface area contributed by atoms with Crippen LogP contribution in [0, 0.1) is 17.7 Å². The van der Waals surface area contributed by atoms with Crippen LogP contribution in [0.3, 0.4) is 0 Å². The molecule has 1 amide bonds. The van der Waals surface area contributed by atoms with Crippen molar-refractivity contribution in [2.75, 3.05) is 31.5 Å². The smallest absolute Gasteiger partial charge is 0.225 e. The van der Waals surface area contributed by atoms with Crippen LogP contribution in [-0.2, 0) is 11.3 Å². The van der Waals surface area contributed by atoms with Crippen molar-refractivity contribution >= 4 is 28.7 Å². The van der Waals surface area contributed by atoms with Crippen LogP contribution in [0.5, 0.6) is 0 Å². The van der Waals surface area contributed by atoms with Gasteiger partial charge in [-0.3, -0.25) is 14.4 Å². The molecular formula is C30H35FN8O. The van der Waals surface area contributed by atoms with E-state index in [0.29, 0.717) is 40.2 Å². The van der Waals surface area contributed by atoms with E-state index in [-0.39, 0.29) is 17.8 Å². The van der Waals surface area contributed by atoms with Crippen molar-refractivity contribution < 1.29 is 9.18 Å². The largest absolute Gasteiger partial charge is 0.340 e. The molecule has 1 atom stereocenters.